The zero-order valence-electron chi connectivity index (χ0n) is 13.8. The van der Waals surface area contributed by atoms with Crippen molar-refractivity contribution in [1.82, 2.24) is 10.3 Å². The molecule has 0 unspecified atom stereocenters. The second-order valence-corrected chi connectivity index (χ2v) is 6.02. The van der Waals surface area contributed by atoms with E-state index in [-0.39, 0.29) is 17.0 Å². The van der Waals surface area contributed by atoms with Gasteiger partial charge in [0.25, 0.3) is 11.5 Å². The van der Waals surface area contributed by atoms with Crippen LogP contribution in [0.3, 0.4) is 0 Å². The monoisotopic (exact) mass is 320 g/mol. The number of rotatable bonds is 4. The summed E-state index contributed by atoms with van der Waals surface area (Å²) in [6.07, 6.45) is 0.734. The second kappa shape index (κ2) is 6.71. The lowest BCUT2D eigenvalue weighted by Crippen LogP contribution is -2.31. The Hall–Kier alpha value is -2.88. The molecule has 2 N–H and O–H groups in total. The van der Waals surface area contributed by atoms with Crippen molar-refractivity contribution in [2.45, 2.75) is 20.3 Å². The molecule has 0 spiro atoms. The highest BCUT2D eigenvalue weighted by Gasteiger charge is 2.11. The number of para-hydroxylation sites is 1. The quantitative estimate of drug-likeness (QED) is 0.776. The maximum absolute atomic E-state index is 12.3. The predicted molar refractivity (Wildman–Crippen MR) is 96.5 cm³/mol. The molecule has 0 saturated carbocycles. The maximum Gasteiger partial charge on any atom is 0.261 e. The Labute approximate surface area is 140 Å². The summed E-state index contributed by atoms with van der Waals surface area (Å²) in [6.45, 7) is 4.65. The van der Waals surface area contributed by atoms with Gasteiger partial charge in [0, 0.05) is 12.1 Å². The summed E-state index contributed by atoms with van der Waals surface area (Å²) >= 11 is 0. The number of aryl methyl sites for hydroxylation is 2. The maximum atomic E-state index is 12.3. The third kappa shape index (κ3) is 3.38. The highest BCUT2D eigenvalue weighted by molar-refractivity contribution is 5.97. The minimum Gasteiger partial charge on any atom is -0.352 e. The van der Waals surface area contributed by atoms with Crippen LogP contribution in [0, 0.1) is 13.8 Å². The van der Waals surface area contributed by atoms with Gasteiger partial charge in [-0.3, -0.25) is 9.59 Å². The summed E-state index contributed by atoms with van der Waals surface area (Å²) in [7, 11) is 0. The number of amides is 1. The molecular weight excluding hydrogens is 300 g/mol. The van der Waals surface area contributed by atoms with Crippen LogP contribution in [0.1, 0.15) is 27.0 Å². The van der Waals surface area contributed by atoms with Gasteiger partial charge in [-0.15, -0.1) is 0 Å². The first-order chi connectivity index (χ1) is 11.5. The van der Waals surface area contributed by atoms with Gasteiger partial charge in [-0.25, -0.2) is 0 Å². The number of nitrogens with one attached hydrogen (secondary N) is 2. The summed E-state index contributed by atoms with van der Waals surface area (Å²) in [5.74, 6) is -0.342. The molecule has 0 radical (unpaired) electrons. The number of aromatic nitrogens is 1. The van der Waals surface area contributed by atoms with Gasteiger partial charge in [0.15, 0.2) is 0 Å². The minimum atomic E-state index is -0.364. The average Bonchev–Trinajstić information content (AvgIpc) is 2.57. The van der Waals surface area contributed by atoms with E-state index in [2.05, 4.69) is 42.3 Å². The van der Waals surface area contributed by atoms with Crippen LogP contribution in [0.5, 0.6) is 0 Å². The summed E-state index contributed by atoms with van der Waals surface area (Å²) in [6, 6.07) is 15.3. The van der Waals surface area contributed by atoms with Crippen LogP contribution >= 0.6 is 0 Å². The highest BCUT2D eigenvalue weighted by Crippen LogP contribution is 2.11. The van der Waals surface area contributed by atoms with E-state index in [1.807, 2.05) is 24.3 Å². The molecule has 0 bridgehead atoms. The van der Waals surface area contributed by atoms with Crippen molar-refractivity contribution in [3.05, 3.63) is 81.1 Å². The lowest BCUT2D eigenvalue weighted by atomic mass is 10.0. The van der Waals surface area contributed by atoms with E-state index in [9.17, 15) is 9.59 Å². The molecule has 0 aliphatic heterocycles. The molecule has 122 valence electrons. The Bertz CT molecular complexity index is 957. The number of fused-ring (bicyclic) bond motifs is 1. The topological polar surface area (TPSA) is 62.0 Å². The first-order valence-electron chi connectivity index (χ1n) is 8.01. The highest BCUT2D eigenvalue weighted by atomic mass is 16.2. The van der Waals surface area contributed by atoms with E-state index < -0.39 is 0 Å². The molecule has 3 aromatic rings. The van der Waals surface area contributed by atoms with Crippen molar-refractivity contribution in [2.24, 2.45) is 0 Å². The Morgan fingerprint density at radius 3 is 2.62 bits per heavy atom. The van der Waals surface area contributed by atoms with E-state index in [1.54, 1.807) is 6.07 Å². The third-order valence-corrected chi connectivity index (χ3v) is 4.27. The van der Waals surface area contributed by atoms with E-state index in [0.29, 0.717) is 6.54 Å². The molecule has 0 atom stereocenters. The van der Waals surface area contributed by atoms with Gasteiger partial charge in [0.1, 0.15) is 5.56 Å². The number of hydrogen-bond acceptors (Lipinski definition) is 2. The fourth-order valence-corrected chi connectivity index (χ4v) is 2.69. The molecule has 4 heteroatoms. The SMILES string of the molecule is Cc1ccc(CCNC(=O)c2cc3ccccc3[nH]c2=O)cc1C. The smallest absolute Gasteiger partial charge is 0.261 e. The van der Waals surface area contributed by atoms with Gasteiger partial charge in [0.05, 0.1) is 0 Å². The molecule has 1 heterocycles. The summed E-state index contributed by atoms with van der Waals surface area (Å²) in [5.41, 5.74) is 4.18. The van der Waals surface area contributed by atoms with E-state index in [0.717, 1.165) is 17.3 Å². The van der Waals surface area contributed by atoms with Gasteiger partial charge >= 0.3 is 0 Å². The van der Waals surface area contributed by atoms with Crippen molar-refractivity contribution in [3.63, 3.8) is 0 Å². The zero-order valence-corrected chi connectivity index (χ0v) is 13.8. The van der Waals surface area contributed by atoms with Crippen LogP contribution in [0.25, 0.3) is 10.9 Å². The van der Waals surface area contributed by atoms with E-state index in [4.69, 9.17) is 0 Å². The van der Waals surface area contributed by atoms with Crippen molar-refractivity contribution < 1.29 is 4.79 Å². The molecule has 0 aliphatic carbocycles. The molecule has 4 nitrogen and oxygen atoms in total. The van der Waals surface area contributed by atoms with Crippen molar-refractivity contribution in [2.75, 3.05) is 6.54 Å². The molecule has 2 aromatic carbocycles. The molecule has 24 heavy (non-hydrogen) atoms. The standard InChI is InChI=1S/C20H20N2O2/c1-13-7-8-15(11-14(13)2)9-10-21-19(23)17-12-16-5-3-4-6-18(16)22-20(17)24/h3-8,11-12H,9-10H2,1-2H3,(H,21,23)(H,22,24). The van der Waals surface area contributed by atoms with Crippen LogP contribution in [0.2, 0.25) is 0 Å². The van der Waals surface area contributed by atoms with Gasteiger partial charge in [-0.2, -0.15) is 0 Å². The Morgan fingerprint density at radius 2 is 1.83 bits per heavy atom. The van der Waals surface area contributed by atoms with Crippen LogP contribution < -0.4 is 10.9 Å². The molecule has 0 fully saturated rings. The molecule has 1 aromatic heterocycles. The fraction of sp³-hybridized carbons (Fsp3) is 0.200. The Balaban J connectivity index is 1.70. The average molecular weight is 320 g/mol. The number of aromatic amines is 1. The number of carbonyl (C=O) groups excluding carboxylic acids is 1. The zero-order chi connectivity index (χ0) is 17.1. The number of benzene rings is 2. The Morgan fingerprint density at radius 1 is 1.04 bits per heavy atom. The van der Waals surface area contributed by atoms with Gasteiger partial charge < -0.3 is 10.3 Å². The van der Waals surface area contributed by atoms with Crippen molar-refractivity contribution in [3.8, 4) is 0 Å². The summed E-state index contributed by atoms with van der Waals surface area (Å²) in [5, 5.41) is 3.67. The molecule has 0 aliphatic rings. The van der Waals surface area contributed by atoms with Crippen LogP contribution in [-0.2, 0) is 6.42 Å². The van der Waals surface area contributed by atoms with Crippen LogP contribution in [-0.4, -0.2) is 17.4 Å². The first kappa shape index (κ1) is 16.0. The molecule has 1 amide bonds. The van der Waals surface area contributed by atoms with Crippen molar-refractivity contribution in [1.29, 1.82) is 0 Å². The minimum absolute atomic E-state index is 0.147. The number of H-pyrrole nitrogens is 1. The van der Waals surface area contributed by atoms with Crippen LogP contribution in [0.4, 0.5) is 0 Å². The number of hydrogen-bond donors (Lipinski definition) is 2. The second-order valence-electron chi connectivity index (χ2n) is 6.02. The third-order valence-electron chi connectivity index (χ3n) is 4.27. The number of pyridine rings is 1. The lowest BCUT2D eigenvalue weighted by Gasteiger charge is -2.08. The predicted octanol–water partition coefficient (Wildman–Crippen LogP) is 3.12. The molecule has 0 saturated heterocycles. The van der Waals surface area contributed by atoms with Gasteiger partial charge in [0.2, 0.25) is 0 Å². The molecular formula is C20H20N2O2. The number of carbonyl (C=O) groups is 1. The summed E-state index contributed by atoms with van der Waals surface area (Å²) < 4.78 is 0. The fourth-order valence-electron chi connectivity index (χ4n) is 2.69. The van der Waals surface area contributed by atoms with Gasteiger partial charge in [-0.1, -0.05) is 36.4 Å². The van der Waals surface area contributed by atoms with E-state index >= 15 is 0 Å². The molecule has 3 rings (SSSR count). The van der Waals surface area contributed by atoms with E-state index in [1.165, 1.54) is 16.7 Å². The Kier molecular flexibility index (Phi) is 4.47. The normalized spacial score (nSPS) is 10.8. The van der Waals surface area contributed by atoms with Gasteiger partial charge in [-0.05, 0) is 54.5 Å². The summed E-state index contributed by atoms with van der Waals surface area (Å²) in [4.78, 5) is 27.1. The largest absolute Gasteiger partial charge is 0.352 e. The van der Waals surface area contributed by atoms with Crippen molar-refractivity contribution >= 4 is 16.8 Å². The van der Waals surface area contributed by atoms with Crippen LogP contribution in [0.15, 0.2) is 53.3 Å². The lowest BCUT2D eigenvalue weighted by molar-refractivity contribution is 0.0953. The first-order valence-corrected chi connectivity index (χ1v) is 8.01.